The number of hydrogen-bond donors (Lipinski definition) is 0. The van der Waals surface area contributed by atoms with Crippen molar-refractivity contribution in [3.05, 3.63) is 36.3 Å². The molecule has 1 unspecified atom stereocenters. The van der Waals surface area contributed by atoms with Crippen molar-refractivity contribution in [1.82, 2.24) is 8.87 Å². The molecule has 21 heavy (non-hydrogen) atoms. The second kappa shape index (κ2) is 5.42. The molecule has 0 bridgehead atoms. The lowest BCUT2D eigenvalue weighted by atomic mass is 9.99. The van der Waals surface area contributed by atoms with Crippen LogP contribution in [0.15, 0.2) is 30.5 Å². The fraction of sp³-hybridized carbons (Fsp3) is 0.467. The van der Waals surface area contributed by atoms with Gasteiger partial charge < -0.3 is 4.57 Å². The Bertz CT molecular complexity index is 754. The molecule has 1 atom stereocenters. The molecule has 2 aromatic rings. The maximum atomic E-state index is 13.4. The monoisotopic (exact) mass is 310 g/mol. The summed E-state index contributed by atoms with van der Waals surface area (Å²) in [6, 6.07) is 6.72. The normalized spacial score (nSPS) is 21.0. The topological polar surface area (TPSA) is 42.3 Å². The van der Waals surface area contributed by atoms with E-state index in [-0.39, 0.29) is 11.7 Å². The highest BCUT2D eigenvalue weighted by Gasteiger charge is 2.26. The quantitative estimate of drug-likeness (QED) is 0.874. The number of fused-ring (bicyclic) bond motifs is 1. The molecular formula is C15H19FN2O2S. The van der Waals surface area contributed by atoms with Gasteiger partial charge in [0.25, 0.3) is 0 Å². The van der Waals surface area contributed by atoms with Crippen LogP contribution in [0.3, 0.4) is 0 Å². The van der Waals surface area contributed by atoms with Gasteiger partial charge in [-0.3, -0.25) is 0 Å². The third-order valence-corrected chi connectivity index (χ3v) is 5.41. The SMILES string of the molecule is CS(=O)(=O)N1CCCC(Cn2ccc3ccc(F)cc32)C1. The molecule has 114 valence electrons. The number of halogens is 1. The summed E-state index contributed by atoms with van der Waals surface area (Å²) in [7, 11) is -3.12. The van der Waals surface area contributed by atoms with Gasteiger partial charge in [-0.15, -0.1) is 0 Å². The van der Waals surface area contributed by atoms with Gasteiger partial charge in [0.15, 0.2) is 0 Å². The van der Waals surface area contributed by atoms with Crippen LogP contribution in [0.25, 0.3) is 10.9 Å². The summed E-state index contributed by atoms with van der Waals surface area (Å²) in [5, 5.41) is 1.01. The van der Waals surface area contributed by atoms with Gasteiger partial charge in [-0.2, -0.15) is 0 Å². The van der Waals surface area contributed by atoms with Crippen LogP contribution >= 0.6 is 0 Å². The summed E-state index contributed by atoms with van der Waals surface area (Å²) in [5.41, 5.74) is 0.867. The zero-order valence-electron chi connectivity index (χ0n) is 12.0. The van der Waals surface area contributed by atoms with Crippen molar-refractivity contribution in [2.45, 2.75) is 19.4 Å². The number of piperidine rings is 1. The zero-order chi connectivity index (χ0) is 15.0. The molecule has 0 amide bonds. The Morgan fingerprint density at radius 3 is 2.90 bits per heavy atom. The van der Waals surface area contributed by atoms with Crippen LogP contribution in [0, 0.1) is 11.7 Å². The van der Waals surface area contributed by atoms with Crippen molar-refractivity contribution in [1.29, 1.82) is 0 Å². The van der Waals surface area contributed by atoms with E-state index in [9.17, 15) is 12.8 Å². The van der Waals surface area contributed by atoms with E-state index in [0.29, 0.717) is 13.1 Å². The molecule has 0 N–H and O–H groups in total. The Balaban J connectivity index is 1.80. The first-order chi connectivity index (χ1) is 9.93. The standard InChI is InChI=1S/C15H19FN2O2S/c1-21(19,20)18-7-2-3-12(11-18)10-17-8-6-13-4-5-14(16)9-15(13)17/h4-6,8-9,12H,2-3,7,10-11H2,1H3. The maximum absolute atomic E-state index is 13.4. The van der Waals surface area contributed by atoms with E-state index in [4.69, 9.17) is 0 Å². The summed E-state index contributed by atoms with van der Waals surface area (Å²) in [5.74, 6) is 0.0243. The maximum Gasteiger partial charge on any atom is 0.211 e. The molecule has 1 aliphatic heterocycles. The van der Waals surface area contributed by atoms with Crippen molar-refractivity contribution >= 4 is 20.9 Å². The number of rotatable bonds is 3. The number of benzene rings is 1. The highest BCUT2D eigenvalue weighted by molar-refractivity contribution is 7.88. The lowest BCUT2D eigenvalue weighted by Crippen LogP contribution is -2.40. The van der Waals surface area contributed by atoms with Gasteiger partial charge in [-0.25, -0.2) is 17.1 Å². The van der Waals surface area contributed by atoms with Gasteiger partial charge in [0.2, 0.25) is 10.0 Å². The van der Waals surface area contributed by atoms with Crippen LogP contribution in [-0.4, -0.2) is 36.6 Å². The second-order valence-electron chi connectivity index (χ2n) is 5.80. The van der Waals surface area contributed by atoms with Crippen LogP contribution in [0.2, 0.25) is 0 Å². The molecule has 6 heteroatoms. The largest absolute Gasteiger partial charge is 0.347 e. The predicted octanol–water partition coefficient (Wildman–Crippen LogP) is 2.45. The number of aromatic nitrogens is 1. The zero-order valence-corrected chi connectivity index (χ0v) is 12.8. The summed E-state index contributed by atoms with van der Waals surface area (Å²) >= 11 is 0. The molecule has 0 spiro atoms. The van der Waals surface area contributed by atoms with Crippen molar-refractivity contribution in [2.75, 3.05) is 19.3 Å². The van der Waals surface area contributed by atoms with E-state index in [0.717, 1.165) is 30.3 Å². The van der Waals surface area contributed by atoms with Crippen molar-refractivity contribution < 1.29 is 12.8 Å². The third-order valence-electron chi connectivity index (χ3n) is 4.14. The number of nitrogens with zero attached hydrogens (tertiary/aromatic N) is 2. The molecule has 0 aliphatic carbocycles. The van der Waals surface area contributed by atoms with E-state index in [2.05, 4.69) is 0 Å². The minimum Gasteiger partial charge on any atom is -0.347 e. The van der Waals surface area contributed by atoms with E-state index < -0.39 is 10.0 Å². The minimum atomic E-state index is -3.12. The molecule has 4 nitrogen and oxygen atoms in total. The van der Waals surface area contributed by atoms with Crippen LogP contribution in [0.5, 0.6) is 0 Å². The van der Waals surface area contributed by atoms with E-state index in [1.54, 1.807) is 10.4 Å². The van der Waals surface area contributed by atoms with Gasteiger partial charge in [0.05, 0.1) is 11.8 Å². The van der Waals surface area contributed by atoms with Crippen LogP contribution in [0.4, 0.5) is 4.39 Å². The molecule has 1 aromatic carbocycles. The van der Waals surface area contributed by atoms with Crippen molar-refractivity contribution in [3.63, 3.8) is 0 Å². The fourth-order valence-electron chi connectivity index (χ4n) is 3.07. The van der Waals surface area contributed by atoms with E-state index in [1.165, 1.54) is 18.4 Å². The summed E-state index contributed by atoms with van der Waals surface area (Å²) in [6.07, 6.45) is 5.09. The molecule has 0 saturated carbocycles. The smallest absolute Gasteiger partial charge is 0.211 e. The lowest BCUT2D eigenvalue weighted by molar-refractivity contribution is 0.248. The van der Waals surface area contributed by atoms with Gasteiger partial charge >= 0.3 is 0 Å². The average Bonchev–Trinajstić information content (AvgIpc) is 2.81. The second-order valence-corrected chi connectivity index (χ2v) is 7.78. The molecule has 0 radical (unpaired) electrons. The highest BCUT2D eigenvalue weighted by atomic mass is 32.2. The first-order valence-corrected chi connectivity index (χ1v) is 8.98. The minimum absolute atomic E-state index is 0.246. The van der Waals surface area contributed by atoms with E-state index >= 15 is 0 Å². The van der Waals surface area contributed by atoms with Gasteiger partial charge in [-0.05, 0) is 48.4 Å². The Kier molecular flexibility index (Phi) is 3.75. The molecule has 3 rings (SSSR count). The van der Waals surface area contributed by atoms with Gasteiger partial charge in [-0.1, -0.05) is 0 Å². The summed E-state index contributed by atoms with van der Waals surface area (Å²) in [6.45, 7) is 1.88. The first kappa shape index (κ1) is 14.5. The van der Waals surface area contributed by atoms with Gasteiger partial charge in [0, 0.05) is 25.8 Å². The molecule has 1 aliphatic rings. The number of sulfonamides is 1. The highest BCUT2D eigenvalue weighted by Crippen LogP contribution is 2.23. The number of hydrogen-bond acceptors (Lipinski definition) is 2. The Hall–Kier alpha value is -1.40. The summed E-state index contributed by atoms with van der Waals surface area (Å²) in [4.78, 5) is 0. The molecular weight excluding hydrogens is 291 g/mol. The predicted molar refractivity (Wildman–Crippen MR) is 81.0 cm³/mol. The Labute approximate surface area is 124 Å². The van der Waals surface area contributed by atoms with Crippen molar-refractivity contribution in [3.8, 4) is 0 Å². The van der Waals surface area contributed by atoms with Crippen LogP contribution in [0.1, 0.15) is 12.8 Å². The first-order valence-electron chi connectivity index (χ1n) is 7.13. The molecule has 2 heterocycles. The van der Waals surface area contributed by atoms with Crippen LogP contribution < -0.4 is 0 Å². The fourth-order valence-corrected chi connectivity index (χ4v) is 4.01. The molecule has 1 aromatic heterocycles. The Morgan fingerprint density at radius 1 is 1.33 bits per heavy atom. The third kappa shape index (κ3) is 3.11. The Morgan fingerprint density at radius 2 is 2.14 bits per heavy atom. The average molecular weight is 310 g/mol. The van der Waals surface area contributed by atoms with Crippen molar-refractivity contribution in [2.24, 2.45) is 5.92 Å². The molecule has 1 fully saturated rings. The van der Waals surface area contributed by atoms with E-state index in [1.807, 2.05) is 16.8 Å². The molecule has 1 saturated heterocycles. The lowest BCUT2D eigenvalue weighted by Gasteiger charge is -2.31. The van der Waals surface area contributed by atoms with Crippen LogP contribution in [-0.2, 0) is 16.6 Å². The summed E-state index contributed by atoms with van der Waals surface area (Å²) < 4.78 is 40.3. The van der Waals surface area contributed by atoms with Gasteiger partial charge in [0.1, 0.15) is 5.82 Å².